The Bertz CT molecular complexity index is 958. The lowest BCUT2D eigenvalue weighted by Crippen LogP contribution is -2.44. The Labute approximate surface area is 162 Å². The van der Waals surface area contributed by atoms with Crippen molar-refractivity contribution in [2.75, 3.05) is 7.11 Å². The molecule has 0 fully saturated rings. The van der Waals surface area contributed by atoms with Gasteiger partial charge in [0, 0.05) is 24.2 Å². The lowest BCUT2D eigenvalue weighted by Gasteiger charge is -2.29. The highest BCUT2D eigenvalue weighted by molar-refractivity contribution is 6.29. The molecule has 1 aromatic heterocycles. The van der Waals surface area contributed by atoms with Crippen molar-refractivity contribution >= 4 is 17.6 Å². The summed E-state index contributed by atoms with van der Waals surface area (Å²) in [6.45, 7) is 0. The number of nitrogens with zero attached hydrogens (tertiary/aromatic N) is 3. The lowest BCUT2D eigenvalue weighted by molar-refractivity contribution is -0.144. The van der Waals surface area contributed by atoms with Gasteiger partial charge in [0.05, 0.1) is 13.2 Å². The minimum Gasteiger partial charge on any atom is -0.468 e. The number of hydrogen-bond acceptors (Lipinski definition) is 5. The van der Waals surface area contributed by atoms with Gasteiger partial charge in [0.2, 0.25) is 0 Å². The van der Waals surface area contributed by atoms with Crippen LogP contribution in [0.15, 0.2) is 26.8 Å². The Morgan fingerprint density at radius 1 is 1.46 bits per heavy atom. The maximum Gasteiger partial charge on any atom is 0.431 e. The molecular formula is C17H17ClF3N3O4. The van der Waals surface area contributed by atoms with Gasteiger partial charge in [-0.1, -0.05) is 17.7 Å². The number of esters is 1. The van der Waals surface area contributed by atoms with Crippen molar-refractivity contribution < 1.29 is 22.7 Å². The van der Waals surface area contributed by atoms with Gasteiger partial charge in [-0.15, -0.1) is 0 Å². The number of aromatic nitrogens is 2. The zero-order chi connectivity index (χ0) is 21.2. The summed E-state index contributed by atoms with van der Waals surface area (Å²) in [5, 5.41) is 9.49. The molecule has 1 heterocycles. The molecule has 3 atom stereocenters. The van der Waals surface area contributed by atoms with Crippen LogP contribution in [-0.2, 0) is 22.8 Å². The summed E-state index contributed by atoms with van der Waals surface area (Å²) < 4.78 is 44.6. The van der Waals surface area contributed by atoms with E-state index < -0.39 is 47.0 Å². The predicted octanol–water partition coefficient (Wildman–Crippen LogP) is 2.34. The Balaban J connectivity index is 2.39. The number of halogens is 4. The second kappa shape index (κ2) is 8.22. The number of carbonyl (C=O) groups excluding carboxylic acids is 1. The van der Waals surface area contributed by atoms with Gasteiger partial charge in [-0.3, -0.25) is 18.7 Å². The molecule has 1 aliphatic carbocycles. The molecule has 28 heavy (non-hydrogen) atoms. The molecule has 0 saturated carbocycles. The smallest absolute Gasteiger partial charge is 0.431 e. The maximum atomic E-state index is 13.0. The molecule has 0 aromatic carbocycles. The number of rotatable bonds is 4. The molecule has 3 unspecified atom stereocenters. The standard InChI is InChI=1S/C17H17ClF3N3O4/c1-23-13(17(19,20)21)7-14(25)24(16(23)27)11-3-4-12(18)9(6-11)5-10(8-22)15(26)28-2/h4,7,9-11H,3,5-6H2,1-2H3. The first-order chi connectivity index (χ1) is 13.0. The van der Waals surface area contributed by atoms with E-state index in [-0.39, 0.29) is 19.3 Å². The first-order valence-electron chi connectivity index (χ1n) is 8.24. The molecule has 1 aliphatic rings. The van der Waals surface area contributed by atoms with Crippen LogP contribution in [0.5, 0.6) is 0 Å². The van der Waals surface area contributed by atoms with Crippen molar-refractivity contribution in [1.29, 1.82) is 5.26 Å². The molecule has 0 spiro atoms. The summed E-state index contributed by atoms with van der Waals surface area (Å²) in [5.41, 5.74) is -3.51. The topological polar surface area (TPSA) is 94.1 Å². The van der Waals surface area contributed by atoms with Gasteiger partial charge in [0.1, 0.15) is 11.6 Å². The van der Waals surface area contributed by atoms with Gasteiger partial charge in [0.25, 0.3) is 5.56 Å². The molecule has 0 N–H and O–H groups in total. The Hall–Kier alpha value is -2.54. The van der Waals surface area contributed by atoms with Crippen LogP contribution in [0.4, 0.5) is 13.2 Å². The van der Waals surface area contributed by atoms with E-state index in [4.69, 9.17) is 16.9 Å². The Morgan fingerprint density at radius 2 is 2.11 bits per heavy atom. The van der Waals surface area contributed by atoms with E-state index in [0.717, 1.165) is 18.7 Å². The van der Waals surface area contributed by atoms with E-state index in [0.29, 0.717) is 15.7 Å². The van der Waals surface area contributed by atoms with Crippen LogP contribution in [0.1, 0.15) is 31.0 Å². The van der Waals surface area contributed by atoms with Gasteiger partial charge < -0.3 is 4.74 Å². The molecular weight excluding hydrogens is 403 g/mol. The van der Waals surface area contributed by atoms with E-state index >= 15 is 0 Å². The summed E-state index contributed by atoms with van der Waals surface area (Å²) >= 11 is 6.16. The normalized spacial score (nSPS) is 20.8. The van der Waals surface area contributed by atoms with Gasteiger partial charge in [0.15, 0.2) is 0 Å². The van der Waals surface area contributed by atoms with E-state index in [1.165, 1.54) is 6.08 Å². The second-order valence-electron chi connectivity index (χ2n) is 6.43. The fourth-order valence-electron chi connectivity index (χ4n) is 3.25. The third kappa shape index (κ3) is 4.30. The average molecular weight is 420 g/mol. The Kier molecular flexibility index (Phi) is 6.39. The number of methoxy groups -OCH3 is 1. The molecule has 0 radical (unpaired) electrons. The summed E-state index contributed by atoms with van der Waals surface area (Å²) in [4.78, 5) is 36.3. The van der Waals surface area contributed by atoms with Crippen molar-refractivity contribution in [2.24, 2.45) is 18.9 Å². The van der Waals surface area contributed by atoms with E-state index in [1.54, 1.807) is 0 Å². The minimum absolute atomic E-state index is 0.00467. The predicted molar refractivity (Wildman–Crippen MR) is 92.4 cm³/mol. The molecule has 0 aliphatic heterocycles. The number of carbonyl (C=O) groups is 1. The van der Waals surface area contributed by atoms with E-state index in [1.807, 2.05) is 6.07 Å². The third-order valence-corrected chi connectivity index (χ3v) is 5.16. The lowest BCUT2D eigenvalue weighted by atomic mass is 9.84. The molecule has 1 aromatic rings. The molecule has 7 nitrogen and oxygen atoms in total. The van der Waals surface area contributed by atoms with Crippen molar-refractivity contribution in [3.05, 3.63) is 43.7 Å². The fourth-order valence-corrected chi connectivity index (χ4v) is 3.52. The largest absolute Gasteiger partial charge is 0.468 e. The van der Waals surface area contributed by atoms with Crippen LogP contribution < -0.4 is 11.2 Å². The zero-order valence-electron chi connectivity index (χ0n) is 15.0. The van der Waals surface area contributed by atoms with Gasteiger partial charge in [-0.2, -0.15) is 18.4 Å². The first kappa shape index (κ1) is 21.8. The van der Waals surface area contributed by atoms with Crippen molar-refractivity contribution in [1.82, 2.24) is 9.13 Å². The van der Waals surface area contributed by atoms with Crippen LogP contribution in [0.25, 0.3) is 0 Å². The number of allylic oxidation sites excluding steroid dienone is 2. The van der Waals surface area contributed by atoms with Crippen LogP contribution in [0, 0.1) is 23.2 Å². The molecule has 11 heteroatoms. The average Bonchev–Trinajstić information content (AvgIpc) is 2.63. The summed E-state index contributed by atoms with van der Waals surface area (Å²) in [5.74, 6) is -2.36. The maximum absolute atomic E-state index is 13.0. The summed E-state index contributed by atoms with van der Waals surface area (Å²) in [7, 11) is 2.08. The molecule has 0 amide bonds. The number of alkyl halides is 3. The third-order valence-electron chi connectivity index (χ3n) is 4.70. The number of hydrogen-bond donors (Lipinski definition) is 0. The first-order valence-corrected chi connectivity index (χ1v) is 8.61. The second-order valence-corrected chi connectivity index (χ2v) is 6.87. The molecule has 2 rings (SSSR count). The minimum atomic E-state index is -4.84. The van der Waals surface area contributed by atoms with E-state index in [9.17, 15) is 27.6 Å². The van der Waals surface area contributed by atoms with Crippen LogP contribution in [-0.4, -0.2) is 22.2 Å². The highest BCUT2D eigenvalue weighted by atomic mass is 35.5. The van der Waals surface area contributed by atoms with Crippen molar-refractivity contribution in [3.63, 3.8) is 0 Å². The molecule has 152 valence electrons. The zero-order valence-corrected chi connectivity index (χ0v) is 15.8. The van der Waals surface area contributed by atoms with Crippen LogP contribution in [0.2, 0.25) is 0 Å². The van der Waals surface area contributed by atoms with Crippen LogP contribution >= 0.6 is 11.6 Å². The molecule has 0 bridgehead atoms. The van der Waals surface area contributed by atoms with Gasteiger partial charge >= 0.3 is 17.8 Å². The van der Waals surface area contributed by atoms with Gasteiger partial charge in [-0.25, -0.2) is 4.79 Å². The Morgan fingerprint density at radius 3 is 2.64 bits per heavy atom. The SMILES string of the molecule is COC(=O)C(C#N)CC1CC(n2c(=O)cc(C(F)(F)F)n(C)c2=O)CC=C1Cl. The van der Waals surface area contributed by atoms with E-state index in [2.05, 4.69) is 4.74 Å². The highest BCUT2D eigenvalue weighted by Crippen LogP contribution is 2.37. The highest BCUT2D eigenvalue weighted by Gasteiger charge is 2.36. The fraction of sp³-hybridized carbons (Fsp3) is 0.529. The summed E-state index contributed by atoms with van der Waals surface area (Å²) in [6, 6.07) is 1.44. The quantitative estimate of drug-likeness (QED) is 0.698. The van der Waals surface area contributed by atoms with Crippen LogP contribution in [0.3, 0.4) is 0 Å². The monoisotopic (exact) mass is 419 g/mol. The van der Waals surface area contributed by atoms with Crippen molar-refractivity contribution in [2.45, 2.75) is 31.5 Å². The van der Waals surface area contributed by atoms with Gasteiger partial charge in [-0.05, 0) is 25.2 Å². The van der Waals surface area contributed by atoms with Crippen molar-refractivity contribution in [3.8, 4) is 6.07 Å². The number of ether oxygens (including phenoxy) is 1. The summed E-state index contributed by atoms with van der Waals surface area (Å²) in [6.07, 6.45) is -3.03. The number of nitriles is 1. The molecule has 0 saturated heterocycles.